The maximum absolute atomic E-state index is 12.8. The zero-order valence-corrected chi connectivity index (χ0v) is 18.6. The number of amides is 1. The molecule has 0 N–H and O–H groups in total. The van der Waals surface area contributed by atoms with Crippen LogP contribution >= 0.6 is 11.3 Å². The van der Waals surface area contributed by atoms with Gasteiger partial charge in [0, 0.05) is 17.7 Å². The summed E-state index contributed by atoms with van der Waals surface area (Å²) in [6.45, 7) is 7.95. The number of aromatic nitrogens is 1. The van der Waals surface area contributed by atoms with E-state index < -0.39 is 16.8 Å². The summed E-state index contributed by atoms with van der Waals surface area (Å²) in [5.41, 5.74) is 1.80. The van der Waals surface area contributed by atoms with Crippen molar-refractivity contribution in [2.24, 2.45) is 4.99 Å². The van der Waals surface area contributed by atoms with Crippen LogP contribution in [0.25, 0.3) is 10.2 Å². The summed E-state index contributed by atoms with van der Waals surface area (Å²) in [7, 11) is 0. The highest BCUT2D eigenvalue weighted by Gasteiger charge is 2.17. The fraction of sp³-hybridized carbons (Fsp3) is 0.318. The Balaban J connectivity index is 2.08. The van der Waals surface area contributed by atoms with E-state index in [1.807, 2.05) is 12.1 Å². The van der Waals surface area contributed by atoms with E-state index in [4.69, 9.17) is 4.74 Å². The maximum Gasteiger partial charge on any atom is 0.326 e. The second-order valence-corrected chi connectivity index (χ2v) is 8.94. The van der Waals surface area contributed by atoms with Crippen molar-refractivity contribution < 1.29 is 19.2 Å². The van der Waals surface area contributed by atoms with Gasteiger partial charge in [-0.15, -0.1) is 0 Å². The zero-order valence-electron chi connectivity index (χ0n) is 17.7. The van der Waals surface area contributed by atoms with Crippen LogP contribution in [0.15, 0.2) is 47.5 Å². The van der Waals surface area contributed by atoms with Crippen molar-refractivity contribution in [2.75, 3.05) is 6.61 Å². The normalized spacial score (nSPS) is 12.2. The third kappa shape index (κ3) is 5.05. The molecule has 9 heteroatoms. The smallest absolute Gasteiger partial charge is 0.326 e. The van der Waals surface area contributed by atoms with E-state index in [0.717, 1.165) is 5.56 Å². The van der Waals surface area contributed by atoms with Crippen LogP contribution in [0, 0.1) is 10.1 Å². The Kier molecular flexibility index (Phi) is 6.35. The number of hydrogen-bond donors (Lipinski definition) is 0. The van der Waals surface area contributed by atoms with Gasteiger partial charge in [0.2, 0.25) is 0 Å². The van der Waals surface area contributed by atoms with Gasteiger partial charge < -0.3 is 9.30 Å². The number of nitro benzene ring substituents is 1. The van der Waals surface area contributed by atoms with Crippen molar-refractivity contribution in [1.82, 2.24) is 4.57 Å². The van der Waals surface area contributed by atoms with Crippen LogP contribution < -0.4 is 4.80 Å². The number of benzene rings is 2. The Morgan fingerprint density at radius 3 is 2.42 bits per heavy atom. The van der Waals surface area contributed by atoms with Gasteiger partial charge in [-0.3, -0.25) is 19.7 Å². The molecule has 0 aliphatic heterocycles. The first-order valence-corrected chi connectivity index (χ1v) is 10.5. The fourth-order valence-electron chi connectivity index (χ4n) is 3.01. The predicted molar refractivity (Wildman–Crippen MR) is 118 cm³/mol. The first-order chi connectivity index (χ1) is 14.6. The summed E-state index contributed by atoms with van der Waals surface area (Å²) in [4.78, 5) is 40.1. The molecule has 31 heavy (non-hydrogen) atoms. The molecule has 162 valence electrons. The number of carbonyl (C=O) groups is 2. The summed E-state index contributed by atoms with van der Waals surface area (Å²) < 4.78 is 7.17. The molecule has 0 aliphatic carbocycles. The highest BCUT2D eigenvalue weighted by atomic mass is 32.1. The molecule has 0 fully saturated rings. The number of rotatable bonds is 5. The quantitative estimate of drug-likeness (QED) is 0.335. The standard InChI is InChI=1S/C22H23N3O5S/c1-5-30-19(26)13-24-17-12-16(25(28)29)10-11-18(17)31-21(24)23-20(27)14-6-8-15(9-7-14)22(2,3)4/h6-12H,5,13H2,1-4H3. The van der Waals surface area contributed by atoms with E-state index in [1.54, 1.807) is 25.1 Å². The van der Waals surface area contributed by atoms with Gasteiger partial charge in [0.05, 0.1) is 21.7 Å². The van der Waals surface area contributed by atoms with Gasteiger partial charge in [-0.25, -0.2) is 0 Å². The Morgan fingerprint density at radius 1 is 1.16 bits per heavy atom. The number of nitro groups is 1. The van der Waals surface area contributed by atoms with E-state index in [9.17, 15) is 19.7 Å². The van der Waals surface area contributed by atoms with Crippen LogP contribution in [-0.4, -0.2) is 28.0 Å². The first kappa shape index (κ1) is 22.4. The van der Waals surface area contributed by atoms with Gasteiger partial charge in [-0.1, -0.05) is 44.2 Å². The third-order valence-electron chi connectivity index (χ3n) is 4.66. The van der Waals surface area contributed by atoms with Crippen molar-refractivity contribution >= 4 is 39.1 Å². The molecule has 3 rings (SSSR count). The molecule has 1 heterocycles. The van der Waals surface area contributed by atoms with Crippen molar-refractivity contribution in [3.63, 3.8) is 0 Å². The van der Waals surface area contributed by atoms with Crippen LogP contribution in [0.4, 0.5) is 5.69 Å². The molecule has 1 amide bonds. The predicted octanol–water partition coefficient (Wildman–Crippen LogP) is 4.21. The lowest BCUT2D eigenvalue weighted by Crippen LogP contribution is -2.23. The minimum atomic E-state index is -0.517. The Labute approximate surface area is 183 Å². The number of carbonyl (C=O) groups excluding carboxylic acids is 2. The molecule has 0 atom stereocenters. The largest absolute Gasteiger partial charge is 0.465 e. The van der Waals surface area contributed by atoms with Gasteiger partial charge >= 0.3 is 5.97 Å². The second kappa shape index (κ2) is 8.81. The molecular formula is C22H23N3O5S. The average Bonchev–Trinajstić information content (AvgIpc) is 3.03. The van der Waals surface area contributed by atoms with Crippen LogP contribution in [0.3, 0.4) is 0 Å². The Bertz CT molecular complexity index is 1220. The lowest BCUT2D eigenvalue weighted by molar-refractivity contribution is -0.384. The number of fused-ring (bicyclic) bond motifs is 1. The topological polar surface area (TPSA) is 104 Å². The summed E-state index contributed by atoms with van der Waals surface area (Å²) >= 11 is 1.18. The number of non-ortho nitro benzene ring substituents is 1. The minimum Gasteiger partial charge on any atom is -0.465 e. The molecular weight excluding hydrogens is 418 g/mol. The summed E-state index contributed by atoms with van der Waals surface area (Å²) in [6.07, 6.45) is 0. The van der Waals surface area contributed by atoms with Crippen molar-refractivity contribution in [3.8, 4) is 0 Å². The lowest BCUT2D eigenvalue weighted by atomic mass is 9.87. The van der Waals surface area contributed by atoms with Gasteiger partial charge in [-0.2, -0.15) is 4.99 Å². The SMILES string of the molecule is CCOC(=O)Cn1c(=NC(=O)c2ccc(C(C)(C)C)cc2)sc2ccc([N+](=O)[O-])cc21. The van der Waals surface area contributed by atoms with Crippen LogP contribution in [0.5, 0.6) is 0 Å². The minimum absolute atomic E-state index is 0.0401. The first-order valence-electron chi connectivity index (χ1n) is 9.73. The lowest BCUT2D eigenvalue weighted by Gasteiger charge is -2.18. The molecule has 3 aromatic rings. The summed E-state index contributed by atoms with van der Waals surface area (Å²) in [5.74, 6) is -0.976. The molecule has 1 aromatic heterocycles. The third-order valence-corrected chi connectivity index (χ3v) is 5.72. The van der Waals surface area contributed by atoms with Crippen LogP contribution in [0.2, 0.25) is 0 Å². The highest BCUT2D eigenvalue weighted by Crippen LogP contribution is 2.24. The monoisotopic (exact) mass is 441 g/mol. The molecule has 0 aliphatic rings. The molecule has 0 bridgehead atoms. The zero-order chi connectivity index (χ0) is 22.8. The van der Waals surface area contributed by atoms with Gasteiger partial charge in [0.15, 0.2) is 4.80 Å². The van der Waals surface area contributed by atoms with Crippen molar-refractivity contribution in [3.05, 3.63) is 68.5 Å². The maximum atomic E-state index is 12.8. The average molecular weight is 442 g/mol. The van der Waals surface area contributed by atoms with E-state index >= 15 is 0 Å². The summed E-state index contributed by atoms with van der Waals surface area (Å²) in [5, 5.41) is 11.2. The van der Waals surface area contributed by atoms with Crippen molar-refractivity contribution in [2.45, 2.75) is 39.7 Å². The Hall–Kier alpha value is -3.33. The van der Waals surface area contributed by atoms with E-state index in [0.29, 0.717) is 15.8 Å². The second-order valence-electron chi connectivity index (χ2n) is 7.93. The van der Waals surface area contributed by atoms with Gasteiger partial charge in [-0.05, 0) is 36.1 Å². The summed E-state index contributed by atoms with van der Waals surface area (Å²) in [6, 6.07) is 11.6. The molecule has 0 spiro atoms. The number of hydrogen-bond acceptors (Lipinski definition) is 6. The number of ether oxygens (including phenoxy) is 1. The molecule has 0 saturated heterocycles. The molecule has 2 aromatic carbocycles. The van der Waals surface area contributed by atoms with Gasteiger partial charge in [0.1, 0.15) is 6.54 Å². The van der Waals surface area contributed by atoms with Crippen molar-refractivity contribution in [1.29, 1.82) is 0 Å². The van der Waals surface area contributed by atoms with Crippen LogP contribution in [-0.2, 0) is 21.5 Å². The number of nitrogens with zero attached hydrogens (tertiary/aromatic N) is 3. The van der Waals surface area contributed by atoms with E-state index in [2.05, 4.69) is 25.8 Å². The molecule has 0 unspecified atom stereocenters. The molecule has 0 radical (unpaired) electrons. The van der Waals surface area contributed by atoms with E-state index in [-0.39, 0.29) is 29.1 Å². The fourth-order valence-corrected chi connectivity index (χ4v) is 4.02. The molecule has 8 nitrogen and oxygen atoms in total. The Morgan fingerprint density at radius 2 is 1.84 bits per heavy atom. The van der Waals surface area contributed by atoms with Gasteiger partial charge in [0.25, 0.3) is 11.6 Å². The van der Waals surface area contributed by atoms with Crippen LogP contribution in [0.1, 0.15) is 43.6 Å². The van der Waals surface area contributed by atoms with E-state index in [1.165, 1.54) is 28.0 Å². The molecule has 0 saturated carbocycles. The highest BCUT2D eigenvalue weighted by molar-refractivity contribution is 7.16. The number of esters is 1. The number of thiazole rings is 1.